The maximum absolute atomic E-state index is 12.7. The van der Waals surface area contributed by atoms with E-state index in [1.165, 1.54) is 7.11 Å². The predicted molar refractivity (Wildman–Crippen MR) is 99.0 cm³/mol. The van der Waals surface area contributed by atoms with Gasteiger partial charge in [0.05, 0.1) is 12.7 Å². The molecule has 3 rings (SSSR count). The third-order valence-corrected chi connectivity index (χ3v) is 5.54. The number of benzene rings is 1. The first-order valence-corrected chi connectivity index (χ1v) is 9.48. The van der Waals surface area contributed by atoms with Gasteiger partial charge in [-0.25, -0.2) is 4.79 Å². The van der Waals surface area contributed by atoms with Crippen LogP contribution in [0.15, 0.2) is 24.3 Å². The van der Waals surface area contributed by atoms with E-state index >= 15 is 0 Å². The highest BCUT2D eigenvalue weighted by atomic mass is 16.5. The van der Waals surface area contributed by atoms with E-state index in [0.717, 1.165) is 37.8 Å². The summed E-state index contributed by atoms with van der Waals surface area (Å²) in [5, 5.41) is 14.1. The number of piperidine rings is 1. The van der Waals surface area contributed by atoms with Gasteiger partial charge in [0, 0.05) is 24.8 Å². The average molecular weight is 360 g/mol. The standard InChI is InChI=1S/C20H28N2O4/c1-26-18(23)15-5-7-16(8-6-15)21-17-9-13-22(14-10-17)19(24)20(25)11-3-2-4-12-20/h5-8,17,21,25H,2-4,9-14H2,1H3. The summed E-state index contributed by atoms with van der Waals surface area (Å²) in [5.41, 5.74) is 0.343. The van der Waals surface area contributed by atoms with Gasteiger partial charge in [-0.2, -0.15) is 0 Å². The molecule has 2 N–H and O–H groups in total. The molecule has 1 amide bonds. The van der Waals surface area contributed by atoms with Crippen LogP contribution < -0.4 is 5.32 Å². The summed E-state index contributed by atoms with van der Waals surface area (Å²) in [7, 11) is 1.37. The number of aliphatic hydroxyl groups is 1. The maximum atomic E-state index is 12.7. The molecule has 1 heterocycles. The van der Waals surface area contributed by atoms with E-state index in [1.54, 1.807) is 12.1 Å². The number of likely N-dealkylation sites (tertiary alicyclic amines) is 1. The zero-order chi connectivity index (χ0) is 18.6. The SMILES string of the molecule is COC(=O)c1ccc(NC2CCN(C(=O)C3(O)CCCCC3)CC2)cc1. The number of hydrogen-bond donors (Lipinski definition) is 2. The Morgan fingerprint density at radius 1 is 1.12 bits per heavy atom. The zero-order valence-electron chi connectivity index (χ0n) is 15.4. The Morgan fingerprint density at radius 3 is 2.31 bits per heavy atom. The van der Waals surface area contributed by atoms with Crippen LogP contribution in [0, 0.1) is 0 Å². The Labute approximate surface area is 154 Å². The number of nitrogens with zero attached hydrogens (tertiary/aromatic N) is 1. The van der Waals surface area contributed by atoms with Gasteiger partial charge < -0.3 is 20.1 Å². The minimum Gasteiger partial charge on any atom is -0.465 e. The highest BCUT2D eigenvalue weighted by molar-refractivity contribution is 5.89. The van der Waals surface area contributed by atoms with E-state index in [0.29, 0.717) is 31.5 Å². The Balaban J connectivity index is 1.50. The maximum Gasteiger partial charge on any atom is 0.337 e. The number of nitrogens with one attached hydrogen (secondary N) is 1. The van der Waals surface area contributed by atoms with E-state index in [1.807, 2.05) is 17.0 Å². The molecule has 0 atom stereocenters. The monoisotopic (exact) mass is 360 g/mol. The molecule has 0 radical (unpaired) electrons. The van der Waals surface area contributed by atoms with Crippen molar-refractivity contribution in [3.63, 3.8) is 0 Å². The third kappa shape index (κ3) is 4.18. The first-order chi connectivity index (χ1) is 12.5. The summed E-state index contributed by atoms with van der Waals surface area (Å²) in [6.07, 6.45) is 5.86. The highest BCUT2D eigenvalue weighted by Gasteiger charge is 2.40. The summed E-state index contributed by atoms with van der Waals surface area (Å²) in [6, 6.07) is 7.50. The Hall–Kier alpha value is -2.08. The summed E-state index contributed by atoms with van der Waals surface area (Å²) < 4.78 is 4.70. The van der Waals surface area contributed by atoms with E-state index in [2.05, 4.69) is 5.32 Å². The normalized spacial score (nSPS) is 20.5. The molecule has 1 aromatic rings. The van der Waals surface area contributed by atoms with Crippen LogP contribution in [0.2, 0.25) is 0 Å². The van der Waals surface area contributed by atoms with Crippen molar-refractivity contribution >= 4 is 17.6 Å². The van der Waals surface area contributed by atoms with Gasteiger partial charge in [0.15, 0.2) is 0 Å². The Kier molecular flexibility index (Phi) is 5.81. The molecular formula is C20H28N2O4. The predicted octanol–water partition coefficient (Wildman–Crippen LogP) is 2.57. The van der Waals surface area contributed by atoms with Gasteiger partial charge in [0.25, 0.3) is 5.91 Å². The minimum atomic E-state index is -1.14. The minimum absolute atomic E-state index is 0.0851. The van der Waals surface area contributed by atoms with Crippen LogP contribution in [0.25, 0.3) is 0 Å². The third-order valence-electron chi connectivity index (χ3n) is 5.54. The molecule has 1 saturated heterocycles. The van der Waals surface area contributed by atoms with Gasteiger partial charge >= 0.3 is 5.97 Å². The molecule has 0 spiro atoms. The number of anilines is 1. The van der Waals surface area contributed by atoms with Crippen molar-refractivity contribution in [1.82, 2.24) is 4.90 Å². The van der Waals surface area contributed by atoms with Crippen LogP contribution in [-0.4, -0.2) is 53.7 Å². The molecule has 0 bridgehead atoms. The number of ether oxygens (including phenoxy) is 1. The molecule has 1 saturated carbocycles. The van der Waals surface area contributed by atoms with Crippen molar-refractivity contribution in [2.75, 3.05) is 25.5 Å². The van der Waals surface area contributed by atoms with Crippen molar-refractivity contribution in [2.24, 2.45) is 0 Å². The van der Waals surface area contributed by atoms with E-state index < -0.39 is 5.60 Å². The first-order valence-electron chi connectivity index (χ1n) is 9.48. The molecule has 2 fully saturated rings. The topological polar surface area (TPSA) is 78.9 Å². The number of amides is 1. The van der Waals surface area contributed by atoms with Crippen molar-refractivity contribution in [3.05, 3.63) is 29.8 Å². The summed E-state index contributed by atoms with van der Waals surface area (Å²) >= 11 is 0. The molecule has 0 unspecified atom stereocenters. The molecular weight excluding hydrogens is 332 g/mol. The van der Waals surface area contributed by atoms with Crippen LogP contribution in [0.5, 0.6) is 0 Å². The van der Waals surface area contributed by atoms with E-state index in [9.17, 15) is 14.7 Å². The Morgan fingerprint density at radius 2 is 1.73 bits per heavy atom. The molecule has 1 aliphatic heterocycles. The largest absolute Gasteiger partial charge is 0.465 e. The lowest BCUT2D eigenvalue weighted by molar-refractivity contribution is -0.155. The fourth-order valence-electron chi connectivity index (χ4n) is 3.93. The Bertz CT molecular complexity index is 630. The molecule has 1 aliphatic carbocycles. The first kappa shape index (κ1) is 18.7. The molecule has 2 aliphatic rings. The number of esters is 1. The summed E-state index contributed by atoms with van der Waals surface area (Å²) in [5.74, 6) is -0.429. The van der Waals surface area contributed by atoms with Gasteiger partial charge in [0.1, 0.15) is 5.60 Å². The van der Waals surface area contributed by atoms with Crippen LogP contribution in [0.1, 0.15) is 55.3 Å². The van der Waals surface area contributed by atoms with Crippen molar-refractivity contribution in [2.45, 2.75) is 56.6 Å². The summed E-state index contributed by atoms with van der Waals surface area (Å²) in [4.78, 5) is 26.0. The lowest BCUT2D eigenvalue weighted by Crippen LogP contribution is -2.53. The van der Waals surface area contributed by atoms with Gasteiger partial charge in [0.2, 0.25) is 0 Å². The van der Waals surface area contributed by atoms with Crippen molar-refractivity contribution < 1.29 is 19.4 Å². The fourth-order valence-corrected chi connectivity index (χ4v) is 3.93. The van der Waals surface area contributed by atoms with Gasteiger partial charge in [-0.05, 0) is 49.9 Å². The van der Waals surface area contributed by atoms with E-state index in [-0.39, 0.29) is 17.9 Å². The van der Waals surface area contributed by atoms with E-state index in [4.69, 9.17) is 4.74 Å². The number of hydrogen-bond acceptors (Lipinski definition) is 5. The lowest BCUT2D eigenvalue weighted by atomic mass is 9.83. The second kappa shape index (κ2) is 8.08. The van der Waals surface area contributed by atoms with Crippen molar-refractivity contribution in [3.8, 4) is 0 Å². The molecule has 26 heavy (non-hydrogen) atoms. The molecule has 1 aromatic carbocycles. The van der Waals surface area contributed by atoms with Crippen molar-refractivity contribution in [1.29, 1.82) is 0 Å². The van der Waals surface area contributed by atoms with Crippen LogP contribution >= 0.6 is 0 Å². The number of carbonyl (C=O) groups excluding carboxylic acids is 2. The number of rotatable bonds is 4. The molecule has 0 aromatic heterocycles. The molecule has 6 heteroatoms. The number of methoxy groups -OCH3 is 1. The second-order valence-electron chi connectivity index (χ2n) is 7.37. The van der Waals surface area contributed by atoms with Crippen LogP contribution in [0.4, 0.5) is 5.69 Å². The highest BCUT2D eigenvalue weighted by Crippen LogP contribution is 2.31. The zero-order valence-corrected chi connectivity index (χ0v) is 15.4. The second-order valence-corrected chi connectivity index (χ2v) is 7.37. The quantitative estimate of drug-likeness (QED) is 0.807. The van der Waals surface area contributed by atoms with Gasteiger partial charge in [-0.3, -0.25) is 4.79 Å². The average Bonchev–Trinajstić information content (AvgIpc) is 2.68. The van der Waals surface area contributed by atoms with Crippen LogP contribution in [-0.2, 0) is 9.53 Å². The summed E-state index contributed by atoms with van der Waals surface area (Å²) in [6.45, 7) is 1.33. The smallest absolute Gasteiger partial charge is 0.337 e. The van der Waals surface area contributed by atoms with Gasteiger partial charge in [-0.1, -0.05) is 19.3 Å². The molecule has 142 valence electrons. The van der Waals surface area contributed by atoms with Gasteiger partial charge in [-0.15, -0.1) is 0 Å². The molecule has 6 nitrogen and oxygen atoms in total. The fraction of sp³-hybridized carbons (Fsp3) is 0.600. The lowest BCUT2D eigenvalue weighted by Gasteiger charge is -2.39. The van der Waals surface area contributed by atoms with Crippen LogP contribution in [0.3, 0.4) is 0 Å². The number of carbonyl (C=O) groups is 2.